The number of ketones is 1. The third kappa shape index (κ3) is 13.3. The molecule has 4 rings (SSSR count). The number of esters is 1. The van der Waals surface area contributed by atoms with Crippen molar-refractivity contribution in [2.45, 2.75) is 142 Å². The van der Waals surface area contributed by atoms with Crippen LogP contribution in [-0.4, -0.2) is 138 Å². The van der Waals surface area contributed by atoms with Gasteiger partial charge in [-0.25, -0.2) is 0 Å². The maximum atomic E-state index is 13.9. The van der Waals surface area contributed by atoms with Crippen molar-refractivity contribution in [2.75, 3.05) is 46.8 Å². The zero-order chi connectivity index (χ0) is 40.9. The van der Waals surface area contributed by atoms with E-state index in [1.807, 2.05) is 52.0 Å². The molecule has 3 aliphatic heterocycles. The third-order valence-corrected chi connectivity index (χ3v) is 12.4. The first-order chi connectivity index (χ1) is 26.7. The first-order valence-corrected chi connectivity index (χ1v) is 21.3. The van der Waals surface area contributed by atoms with Crippen molar-refractivity contribution >= 4 is 11.8 Å². The molecule has 0 spiro atoms. The highest BCUT2D eigenvalue weighted by Gasteiger charge is 2.47. The van der Waals surface area contributed by atoms with Crippen LogP contribution in [-0.2, 0) is 30.3 Å². The number of ether oxygens (including phenoxy) is 3. The number of piperidine rings is 1. The number of carbonyl (C=O) groups excluding carboxylic acids is 2. The van der Waals surface area contributed by atoms with Crippen LogP contribution in [0, 0.1) is 23.7 Å². The number of rotatable bonds is 12. The lowest BCUT2D eigenvalue weighted by molar-refractivity contribution is -0.304. The minimum absolute atomic E-state index is 0.00687. The number of aliphatic hydroxyl groups is 3. The molecule has 0 unspecified atom stereocenters. The van der Waals surface area contributed by atoms with Gasteiger partial charge in [0.25, 0.3) is 0 Å². The van der Waals surface area contributed by atoms with Crippen molar-refractivity contribution in [1.82, 2.24) is 14.7 Å². The second kappa shape index (κ2) is 22.6. The van der Waals surface area contributed by atoms with Crippen LogP contribution < -0.4 is 0 Å². The van der Waals surface area contributed by atoms with Gasteiger partial charge in [0, 0.05) is 30.8 Å². The Labute approximate surface area is 337 Å². The fourth-order valence-electron chi connectivity index (χ4n) is 8.83. The first-order valence-electron chi connectivity index (χ1n) is 21.3. The largest absolute Gasteiger partial charge is 0.462 e. The Morgan fingerprint density at radius 1 is 0.946 bits per heavy atom. The maximum absolute atomic E-state index is 13.9. The average Bonchev–Trinajstić information content (AvgIpc) is 3.18. The maximum Gasteiger partial charge on any atom is 0.308 e. The molecule has 3 aliphatic rings. The van der Waals surface area contributed by atoms with E-state index < -0.39 is 60.8 Å². The van der Waals surface area contributed by atoms with Gasteiger partial charge in [-0.2, -0.15) is 0 Å². The van der Waals surface area contributed by atoms with Crippen molar-refractivity contribution in [3.05, 3.63) is 59.7 Å². The number of hydrogen-bond acceptors (Lipinski definition) is 11. The van der Waals surface area contributed by atoms with Crippen LogP contribution in [0.5, 0.6) is 0 Å². The Bertz CT molecular complexity index is 1400. The zero-order valence-electron chi connectivity index (χ0n) is 35.5. The molecular weight excluding hydrogens is 711 g/mol. The van der Waals surface area contributed by atoms with Crippen molar-refractivity contribution in [3.63, 3.8) is 0 Å². The SMILES string of the molecule is CC[C@H]1OC(=O)C[C@@H](O)[C@H](C)[C@@H](O[C@@H]2O[C@H](C)[C@@H](O)[C@H](N(C)C)[C@H]2O)[C@@H](CCN2CCCCC2)C[C@@H](C)C(=O)/C=C\C(C)=C/[C@@H]1CN(CC)Cc1ccccc1. The number of likely N-dealkylation sites (tertiary alicyclic amines) is 1. The Morgan fingerprint density at radius 2 is 1.64 bits per heavy atom. The molecule has 1 aromatic rings. The highest BCUT2D eigenvalue weighted by atomic mass is 16.7. The average molecular weight is 784 g/mol. The quantitative estimate of drug-likeness (QED) is 0.241. The number of carbonyl (C=O) groups is 2. The molecule has 12 atom stereocenters. The van der Waals surface area contributed by atoms with Gasteiger partial charge in [0.05, 0.1) is 36.9 Å². The van der Waals surface area contributed by atoms with Gasteiger partial charge in [-0.1, -0.05) is 82.2 Å². The lowest BCUT2D eigenvalue weighted by Gasteiger charge is -2.47. The van der Waals surface area contributed by atoms with Gasteiger partial charge < -0.3 is 39.3 Å². The van der Waals surface area contributed by atoms with E-state index >= 15 is 0 Å². The van der Waals surface area contributed by atoms with E-state index in [1.54, 1.807) is 32.0 Å². The summed E-state index contributed by atoms with van der Waals surface area (Å²) in [6, 6.07) is 9.65. The van der Waals surface area contributed by atoms with Crippen LogP contribution in [0.1, 0.15) is 92.1 Å². The summed E-state index contributed by atoms with van der Waals surface area (Å²) in [5, 5.41) is 34.4. The monoisotopic (exact) mass is 784 g/mol. The van der Waals surface area contributed by atoms with E-state index in [0.29, 0.717) is 25.8 Å². The lowest BCUT2D eigenvalue weighted by Crippen LogP contribution is -2.63. The van der Waals surface area contributed by atoms with Gasteiger partial charge in [0.15, 0.2) is 12.1 Å². The molecule has 3 heterocycles. The van der Waals surface area contributed by atoms with Crippen LogP contribution in [0.25, 0.3) is 0 Å². The summed E-state index contributed by atoms with van der Waals surface area (Å²) in [6.07, 6.45) is 4.58. The number of hydrogen-bond donors (Lipinski definition) is 3. The zero-order valence-corrected chi connectivity index (χ0v) is 35.5. The second-order valence-electron chi connectivity index (χ2n) is 17.0. The van der Waals surface area contributed by atoms with E-state index in [4.69, 9.17) is 14.2 Å². The van der Waals surface area contributed by atoms with Gasteiger partial charge in [-0.15, -0.1) is 0 Å². The normalized spacial score (nSPS) is 36.3. The molecule has 0 aromatic heterocycles. The van der Waals surface area contributed by atoms with E-state index in [9.17, 15) is 24.9 Å². The van der Waals surface area contributed by atoms with Crippen LogP contribution in [0.3, 0.4) is 0 Å². The fraction of sp³-hybridized carbons (Fsp3) is 0.733. The summed E-state index contributed by atoms with van der Waals surface area (Å²) >= 11 is 0. The minimum Gasteiger partial charge on any atom is -0.462 e. The molecule has 1 aromatic carbocycles. The number of benzene rings is 1. The van der Waals surface area contributed by atoms with Crippen molar-refractivity contribution in [2.24, 2.45) is 23.7 Å². The first kappa shape index (κ1) is 46.2. The van der Waals surface area contributed by atoms with E-state index in [1.165, 1.54) is 12.0 Å². The summed E-state index contributed by atoms with van der Waals surface area (Å²) in [4.78, 5) is 34.2. The van der Waals surface area contributed by atoms with Crippen LogP contribution in [0.15, 0.2) is 54.1 Å². The molecule has 0 aliphatic carbocycles. The Kier molecular flexibility index (Phi) is 18.7. The summed E-state index contributed by atoms with van der Waals surface area (Å²) in [7, 11) is 3.60. The predicted octanol–water partition coefficient (Wildman–Crippen LogP) is 5.22. The van der Waals surface area contributed by atoms with Crippen molar-refractivity contribution < 1.29 is 39.1 Å². The van der Waals surface area contributed by atoms with E-state index in [0.717, 1.165) is 51.1 Å². The molecule has 56 heavy (non-hydrogen) atoms. The lowest BCUT2D eigenvalue weighted by atomic mass is 9.79. The fourth-order valence-corrected chi connectivity index (χ4v) is 8.83. The number of aliphatic hydroxyl groups excluding tert-OH is 3. The van der Waals surface area contributed by atoms with Crippen LogP contribution in [0.2, 0.25) is 0 Å². The molecular formula is C45H73N3O8. The number of likely N-dealkylation sites (N-methyl/N-ethyl adjacent to an activating group) is 1. The molecule has 2 fully saturated rings. The molecule has 0 saturated carbocycles. The van der Waals surface area contributed by atoms with Crippen molar-refractivity contribution in [3.8, 4) is 0 Å². The van der Waals surface area contributed by atoms with Gasteiger partial charge in [-0.3, -0.25) is 14.5 Å². The Balaban J connectivity index is 1.68. The van der Waals surface area contributed by atoms with Crippen molar-refractivity contribution in [1.29, 1.82) is 0 Å². The minimum atomic E-state index is -1.18. The summed E-state index contributed by atoms with van der Waals surface area (Å²) in [6.45, 7) is 16.7. The number of nitrogens with zero attached hydrogens (tertiary/aromatic N) is 3. The molecule has 11 heteroatoms. The topological polar surface area (TPSA) is 132 Å². The second-order valence-corrected chi connectivity index (χ2v) is 17.0. The van der Waals surface area contributed by atoms with Crippen LogP contribution in [0.4, 0.5) is 0 Å². The van der Waals surface area contributed by atoms with Gasteiger partial charge >= 0.3 is 5.97 Å². The summed E-state index contributed by atoms with van der Waals surface area (Å²) in [5.41, 5.74) is 2.12. The smallest absolute Gasteiger partial charge is 0.308 e. The van der Waals surface area contributed by atoms with Gasteiger partial charge in [-0.05, 0) is 104 Å². The van der Waals surface area contributed by atoms with Gasteiger partial charge in [0.1, 0.15) is 12.2 Å². The summed E-state index contributed by atoms with van der Waals surface area (Å²) in [5.74, 6) is -1.79. The standard InChI is InChI=1S/C45H73N3O8/c1-9-39-36(29-47(10-2)28-34-17-13-11-14-18-34)25-30(3)19-20-37(49)31(4)26-35(21-24-48-22-15-12-16-23-48)44(32(5)38(50)27-40(51)55-39)56-45-43(53)41(46(7)8)42(52)33(6)54-45/h11,13-14,17-20,25,31-33,35-36,38-39,41-45,50,52-53H,9-10,12,15-16,21-24,26-29H2,1-8H3/b20-19-,30-25-/t31-,32+,33-,35+,36-,38-,39-,41+,42-,43-,44-,45+/m1/s1. The van der Waals surface area contributed by atoms with E-state index in [-0.39, 0.29) is 30.0 Å². The molecule has 0 radical (unpaired) electrons. The predicted molar refractivity (Wildman–Crippen MR) is 220 cm³/mol. The highest BCUT2D eigenvalue weighted by molar-refractivity contribution is 5.91. The van der Waals surface area contributed by atoms with Gasteiger partial charge in [0.2, 0.25) is 0 Å². The highest BCUT2D eigenvalue weighted by Crippen LogP contribution is 2.35. The number of allylic oxidation sites excluding steroid dienone is 3. The van der Waals surface area contributed by atoms with E-state index in [2.05, 4.69) is 34.9 Å². The molecule has 0 amide bonds. The van der Waals surface area contributed by atoms with Crippen LogP contribution >= 0.6 is 0 Å². The Morgan fingerprint density at radius 3 is 2.29 bits per heavy atom. The number of cyclic esters (lactones) is 1. The Hall–Kier alpha value is -2.48. The molecule has 3 N–H and O–H groups in total. The molecule has 0 bridgehead atoms. The summed E-state index contributed by atoms with van der Waals surface area (Å²) < 4.78 is 19.2. The molecule has 316 valence electrons. The molecule has 11 nitrogen and oxygen atoms in total. The third-order valence-electron chi connectivity index (χ3n) is 12.4. The molecule has 2 saturated heterocycles.